The Balaban J connectivity index is 2.39. The summed E-state index contributed by atoms with van der Waals surface area (Å²) in [4.78, 5) is 13.7. The van der Waals surface area contributed by atoms with Gasteiger partial charge in [-0.3, -0.25) is 9.69 Å². The maximum absolute atomic E-state index is 11.7. The number of halogens is 1. The molecule has 1 aromatic carbocycles. The van der Waals surface area contributed by atoms with Crippen LogP contribution in [0.4, 0.5) is 0 Å². The quantitative estimate of drug-likeness (QED) is 0.803. The molecule has 1 unspecified atom stereocenters. The van der Waals surface area contributed by atoms with Crippen LogP contribution < -0.4 is 5.32 Å². The van der Waals surface area contributed by atoms with Gasteiger partial charge in [0, 0.05) is 11.6 Å². The number of likely N-dealkylation sites (N-methyl/N-ethyl adjacent to an activating group) is 1. The standard InChI is InChI=1S/C14H21ClN2O2/c1-3-17(4-2)10-14(19)16-9-13(18)11-5-7-12(15)8-6-11/h5-8,13,18H,3-4,9-10H2,1-2H3,(H,16,19). The largest absolute Gasteiger partial charge is 0.387 e. The number of benzene rings is 1. The summed E-state index contributed by atoms with van der Waals surface area (Å²) in [5.74, 6) is -0.0725. The maximum Gasteiger partial charge on any atom is 0.234 e. The van der Waals surface area contributed by atoms with Crippen LogP contribution in [0.5, 0.6) is 0 Å². The van der Waals surface area contributed by atoms with Gasteiger partial charge in [-0.1, -0.05) is 37.6 Å². The van der Waals surface area contributed by atoms with Gasteiger partial charge in [0.05, 0.1) is 12.6 Å². The van der Waals surface area contributed by atoms with Crippen molar-refractivity contribution in [1.29, 1.82) is 0 Å². The van der Waals surface area contributed by atoms with Crippen molar-refractivity contribution in [1.82, 2.24) is 10.2 Å². The predicted molar refractivity (Wildman–Crippen MR) is 77.2 cm³/mol. The summed E-state index contributed by atoms with van der Waals surface area (Å²) in [7, 11) is 0. The topological polar surface area (TPSA) is 52.6 Å². The Kier molecular flexibility index (Phi) is 6.84. The Labute approximate surface area is 119 Å². The molecule has 1 rings (SSSR count). The van der Waals surface area contributed by atoms with Crippen LogP contribution in [0.15, 0.2) is 24.3 Å². The second-order valence-corrected chi connectivity index (χ2v) is 4.77. The van der Waals surface area contributed by atoms with E-state index in [0.29, 0.717) is 11.6 Å². The lowest BCUT2D eigenvalue weighted by atomic mass is 10.1. The molecule has 2 N–H and O–H groups in total. The van der Waals surface area contributed by atoms with Gasteiger partial charge in [-0.15, -0.1) is 0 Å². The van der Waals surface area contributed by atoms with E-state index in [1.165, 1.54) is 0 Å². The first-order chi connectivity index (χ1) is 9.06. The van der Waals surface area contributed by atoms with E-state index in [1.54, 1.807) is 24.3 Å². The molecule has 0 aliphatic rings. The van der Waals surface area contributed by atoms with Gasteiger partial charge in [0.25, 0.3) is 0 Å². The fourth-order valence-electron chi connectivity index (χ4n) is 1.72. The first-order valence-corrected chi connectivity index (χ1v) is 6.87. The SMILES string of the molecule is CCN(CC)CC(=O)NCC(O)c1ccc(Cl)cc1. The number of amides is 1. The van der Waals surface area contributed by atoms with E-state index in [9.17, 15) is 9.90 Å². The number of hydrogen-bond donors (Lipinski definition) is 2. The highest BCUT2D eigenvalue weighted by molar-refractivity contribution is 6.30. The lowest BCUT2D eigenvalue weighted by Gasteiger charge is -2.18. The van der Waals surface area contributed by atoms with E-state index in [-0.39, 0.29) is 12.5 Å². The fraction of sp³-hybridized carbons (Fsp3) is 0.500. The van der Waals surface area contributed by atoms with Crippen LogP contribution in [0.3, 0.4) is 0 Å². The number of rotatable bonds is 7. The molecule has 0 radical (unpaired) electrons. The second-order valence-electron chi connectivity index (χ2n) is 4.33. The minimum Gasteiger partial charge on any atom is -0.387 e. The highest BCUT2D eigenvalue weighted by atomic mass is 35.5. The molecule has 0 aromatic heterocycles. The van der Waals surface area contributed by atoms with Gasteiger partial charge < -0.3 is 10.4 Å². The van der Waals surface area contributed by atoms with Gasteiger partial charge in [0.1, 0.15) is 0 Å². The normalized spacial score (nSPS) is 12.5. The molecule has 5 heteroatoms. The monoisotopic (exact) mass is 284 g/mol. The number of aliphatic hydroxyl groups excluding tert-OH is 1. The number of nitrogens with one attached hydrogen (secondary N) is 1. The van der Waals surface area contributed by atoms with Crippen LogP contribution >= 0.6 is 11.6 Å². The van der Waals surface area contributed by atoms with Gasteiger partial charge in [-0.2, -0.15) is 0 Å². The maximum atomic E-state index is 11.7. The van der Waals surface area contributed by atoms with Crippen LogP contribution in [0, 0.1) is 0 Å². The Morgan fingerprint density at radius 2 is 1.89 bits per heavy atom. The van der Waals surface area contributed by atoms with Crippen molar-refractivity contribution in [2.24, 2.45) is 0 Å². The Morgan fingerprint density at radius 3 is 2.42 bits per heavy atom. The summed E-state index contributed by atoms with van der Waals surface area (Å²) in [6.07, 6.45) is -0.710. The highest BCUT2D eigenvalue weighted by Crippen LogP contribution is 2.15. The molecule has 0 fully saturated rings. The van der Waals surface area contributed by atoms with Gasteiger partial charge in [0.15, 0.2) is 0 Å². The molecule has 0 spiro atoms. The van der Waals surface area contributed by atoms with Crippen molar-refractivity contribution in [2.75, 3.05) is 26.2 Å². The van der Waals surface area contributed by atoms with Crippen LogP contribution in [0.25, 0.3) is 0 Å². The Morgan fingerprint density at radius 1 is 1.32 bits per heavy atom. The summed E-state index contributed by atoms with van der Waals surface area (Å²) in [6, 6.07) is 6.95. The zero-order valence-electron chi connectivity index (χ0n) is 11.4. The van der Waals surface area contributed by atoms with Crippen molar-refractivity contribution in [3.8, 4) is 0 Å². The molecule has 1 aromatic rings. The first kappa shape index (κ1) is 16.0. The van der Waals surface area contributed by atoms with E-state index < -0.39 is 6.10 Å². The van der Waals surface area contributed by atoms with Gasteiger partial charge >= 0.3 is 0 Å². The number of carbonyl (C=O) groups excluding carboxylic acids is 1. The molecule has 0 aliphatic heterocycles. The third kappa shape index (κ3) is 5.59. The molecular formula is C14H21ClN2O2. The number of hydrogen-bond acceptors (Lipinski definition) is 3. The lowest BCUT2D eigenvalue weighted by Crippen LogP contribution is -2.38. The van der Waals surface area contributed by atoms with Gasteiger partial charge in [-0.05, 0) is 30.8 Å². The zero-order chi connectivity index (χ0) is 14.3. The predicted octanol–water partition coefficient (Wildman–Crippen LogP) is 1.83. The van der Waals surface area contributed by atoms with Crippen molar-refractivity contribution in [3.63, 3.8) is 0 Å². The molecule has 0 aliphatic carbocycles. The molecule has 0 bridgehead atoms. The molecule has 4 nitrogen and oxygen atoms in total. The first-order valence-electron chi connectivity index (χ1n) is 6.49. The molecule has 106 valence electrons. The minimum atomic E-state index is -0.710. The van der Waals surface area contributed by atoms with E-state index in [4.69, 9.17) is 11.6 Å². The number of nitrogens with zero attached hydrogens (tertiary/aromatic N) is 1. The van der Waals surface area contributed by atoms with Crippen LogP contribution in [-0.4, -0.2) is 42.1 Å². The van der Waals surface area contributed by atoms with Crippen molar-refractivity contribution >= 4 is 17.5 Å². The molecule has 0 saturated heterocycles. The summed E-state index contributed by atoms with van der Waals surface area (Å²) in [5, 5.41) is 13.3. The average Bonchev–Trinajstić information content (AvgIpc) is 2.43. The molecule has 1 amide bonds. The Bertz CT molecular complexity index is 391. The van der Waals surface area contributed by atoms with Crippen LogP contribution in [0.1, 0.15) is 25.5 Å². The second kappa shape index (κ2) is 8.15. The van der Waals surface area contributed by atoms with E-state index >= 15 is 0 Å². The number of carbonyl (C=O) groups is 1. The van der Waals surface area contributed by atoms with E-state index in [2.05, 4.69) is 5.32 Å². The highest BCUT2D eigenvalue weighted by Gasteiger charge is 2.11. The van der Waals surface area contributed by atoms with E-state index in [0.717, 1.165) is 18.7 Å². The smallest absolute Gasteiger partial charge is 0.234 e. The molecular weight excluding hydrogens is 264 g/mol. The molecule has 1 atom stereocenters. The average molecular weight is 285 g/mol. The van der Waals surface area contributed by atoms with Gasteiger partial charge in [0.2, 0.25) is 5.91 Å². The summed E-state index contributed by atoms with van der Waals surface area (Å²) >= 11 is 5.78. The lowest BCUT2D eigenvalue weighted by molar-refractivity contribution is -0.122. The van der Waals surface area contributed by atoms with Gasteiger partial charge in [-0.25, -0.2) is 0 Å². The van der Waals surface area contributed by atoms with Crippen molar-refractivity contribution in [2.45, 2.75) is 20.0 Å². The molecule has 0 heterocycles. The summed E-state index contributed by atoms with van der Waals surface area (Å²) in [5.41, 5.74) is 0.743. The fourth-order valence-corrected chi connectivity index (χ4v) is 1.85. The van der Waals surface area contributed by atoms with Crippen molar-refractivity contribution < 1.29 is 9.90 Å². The summed E-state index contributed by atoms with van der Waals surface area (Å²) in [6.45, 7) is 6.27. The third-order valence-electron chi connectivity index (χ3n) is 3.01. The van der Waals surface area contributed by atoms with Crippen LogP contribution in [-0.2, 0) is 4.79 Å². The minimum absolute atomic E-state index is 0.0725. The Hall–Kier alpha value is -1.10. The number of aliphatic hydroxyl groups is 1. The third-order valence-corrected chi connectivity index (χ3v) is 3.26. The van der Waals surface area contributed by atoms with Crippen LogP contribution in [0.2, 0.25) is 5.02 Å². The molecule has 0 saturated carbocycles. The van der Waals surface area contributed by atoms with E-state index in [1.807, 2.05) is 18.7 Å². The molecule has 19 heavy (non-hydrogen) atoms. The zero-order valence-corrected chi connectivity index (χ0v) is 12.2. The van der Waals surface area contributed by atoms with Crippen molar-refractivity contribution in [3.05, 3.63) is 34.9 Å². The summed E-state index contributed by atoms with van der Waals surface area (Å²) < 4.78 is 0.